The third-order valence-corrected chi connectivity index (χ3v) is 3.64. The van der Waals surface area contributed by atoms with E-state index in [0.717, 1.165) is 17.9 Å². The topological polar surface area (TPSA) is 26.0 Å². The molecule has 2 aromatic rings. The van der Waals surface area contributed by atoms with Crippen molar-refractivity contribution in [1.29, 1.82) is 0 Å². The van der Waals surface area contributed by atoms with E-state index in [9.17, 15) is 0 Å². The number of benzene rings is 2. The van der Waals surface area contributed by atoms with Gasteiger partial charge in [0.2, 0.25) is 0 Å². The zero-order chi connectivity index (χ0) is 12.8. The van der Waals surface area contributed by atoms with Crippen LogP contribution in [-0.4, -0.2) is 6.54 Å². The van der Waals surface area contributed by atoms with Crippen LogP contribution in [0.15, 0.2) is 54.6 Å². The minimum Gasteiger partial charge on any atom is -0.330 e. The van der Waals surface area contributed by atoms with Crippen molar-refractivity contribution >= 4 is 11.6 Å². The maximum Gasteiger partial charge on any atom is 0.0437 e. The van der Waals surface area contributed by atoms with Crippen molar-refractivity contribution in [2.24, 2.45) is 5.73 Å². The molecular weight excluding hydrogens is 242 g/mol. The second-order valence-electron chi connectivity index (χ2n) is 4.47. The van der Waals surface area contributed by atoms with Gasteiger partial charge in [0.25, 0.3) is 0 Å². The highest BCUT2D eigenvalue weighted by Crippen LogP contribution is 2.23. The first-order valence-corrected chi connectivity index (χ1v) is 6.67. The highest BCUT2D eigenvalue weighted by molar-refractivity contribution is 6.31. The summed E-state index contributed by atoms with van der Waals surface area (Å²) in [6, 6.07) is 18.5. The Kier molecular flexibility index (Phi) is 4.80. The largest absolute Gasteiger partial charge is 0.330 e. The molecule has 1 atom stereocenters. The number of rotatable bonds is 5. The van der Waals surface area contributed by atoms with E-state index < -0.39 is 0 Å². The van der Waals surface area contributed by atoms with Crippen molar-refractivity contribution in [2.75, 3.05) is 6.54 Å². The summed E-state index contributed by atoms with van der Waals surface area (Å²) >= 11 is 6.17. The summed E-state index contributed by atoms with van der Waals surface area (Å²) in [6.45, 7) is 0.675. The highest BCUT2D eigenvalue weighted by Gasteiger charge is 2.10. The molecule has 2 rings (SSSR count). The maximum absolute atomic E-state index is 6.17. The molecule has 0 aliphatic rings. The second kappa shape index (κ2) is 6.58. The molecular formula is C16H18ClN. The molecule has 18 heavy (non-hydrogen) atoms. The van der Waals surface area contributed by atoms with Gasteiger partial charge < -0.3 is 5.73 Å². The van der Waals surface area contributed by atoms with E-state index in [-0.39, 0.29) is 0 Å². The van der Waals surface area contributed by atoms with Gasteiger partial charge in [0, 0.05) is 5.02 Å². The van der Waals surface area contributed by atoms with Crippen molar-refractivity contribution in [2.45, 2.75) is 18.8 Å². The van der Waals surface area contributed by atoms with Crippen LogP contribution in [0.25, 0.3) is 0 Å². The summed E-state index contributed by atoms with van der Waals surface area (Å²) in [6.07, 6.45) is 2.00. The Bertz CT molecular complexity index is 481. The van der Waals surface area contributed by atoms with Crippen LogP contribution in [-0.2, 0) is 6.42 Å². The lowest BCUT2D eigenvalue weighted by molar-refractivity contribution is 0.634. The van der Waals surface area contributed by atoms with Crippen molar-refractivity contribution in [3.05, 3.63) is 70.7 Å². The smallest absolute Gasteiger partial charge is 0.0437 e. The first-order chi connectivity index (χ1) is 8.81. The third kappa shape index (κ3) is 3.34. The molecule has 0 bridgehead atoms. The lowest BCUT2D eigenvalue weighted by atomic mass is 9.92. The first-order valence-electron chi connectivity index (χ1n) is 6.29. The van der Waals surface area contributed by atoms with E-state index in [1.54, 1.807) is 0 Å². The Labute approximate surface area is 114 Å². The van der Waals surface area contributed by atoms with Crippen LogP contribution in [0.5, 0.6) is 0 Å². The van der Waals surface area contributed by atoms with E-state index in [2.05, 4.69) is 30.3 Å². The van der Waals surface area contributed by atoms with Gasteiger partial charge in [0.05, 0.1) is 0 Å². The Morgan fingerprint density at radius 1 is 0.944 bits per heavy atom. The highest BCUT2D eigenvalue weighted by atomic mass is 35.5. The Morgan fingerprint density at radius 3 is 2.28 bits per heavy atom. The molecule has 1 nitrogen and oxygen atoms in total. The predicted octanol–water partition coefficient (Wildman–Crippen LogP) is 4.02. The van der Waals surface area contributed by atoms with Gasteiger partial charge in [-0.05, 0) is 42.5 Å². The minimum atomic E-state index is 0.405. The zero-order valence-corrected chi connectivity index (χ0v) is 11.1. The summed E-state index contributed by atoms with van der Waals surface area (Å²) in [7, 11) is 0. The average molecular weight is 260 g/mol. The summed E-state index contributed by atoms with van der Waals surface area (Å²) in [5.74, 6) is 0.405. The maximum atomic E-state index is 6.17. The number of hydrogen-bond donors (Lipinski definition) is 1. The zero-order valence-electron chi connectivity index (χ0n) is 10.4. The first kappa shape index (κ1) is 13.1. The van der Waals surface area contributed by atoms with Crippen LogP contribution in [0, 0.1) is 0 Å². The monoisotopic (exact) mass is 259 g/mol. The average Bonchev–Trinajstić information content (AvgIpc) is 2.42. The van der Waals surface area contributed by atoms with E-state index in [1.807, 2.05) is 24.3 Å². The van der Waals surface area contributed by atoms with Gasteiger partial charge in [0.15, 0.2) is 0 Å². The molecule has 0 fully saturated rings. The molecule has 0 spiro atoms. The Balaban J connectivity index is 2.02. The van der Waals surface area contributed by atoms with Gasteiger partial charge in [-0.2, -0.15) is 0 Å². The fourth-order valence-electron chi connectivity index (χ4n) is 2.18. The van der Waals surface area contributed by atoms with Crippen molar-refractivity contribution in [3.8, 4) is 0 Å². The van der Waals surface area contributed by atoms with Crippen LogP contribution >= 0.6 is 11.6 Å². The van der Waals surface area contributed by atoms with Crippen molar-refractivity contribution in [3.63, 3.8) is 0 Å². The number of halogens is 1. The van der Waals surface area contributed by atoms with Crippen LogP contribution in [0.4, 0.5) is 0 Å². The van der Waals surface area contributed by atoms with Crippen molar-refractivity contribution in [1.82, 2.24) is 0 Å². The van der Waals surface area contributed by atoms with Gasteiger partial charge in [0.1, 0.15) is 0 Å². The van der Waals surface area contributed by atoms with E-state index >= 15 is 0 Å². The quantitative estimate of drug-likeness (QED) is 0.863. The lowest BCUT2D eigenvalue weighted by Gasteiger charge is -2.15. The third-order valence-electron chi connectivity index (χ3n) is 3.28. The molecule has 0 aliphatic carbocycles. The minimum absolute atomic E-state index is 0.405. The normalized spacial score (nSPS) is 12.3. The van der Waals surface area contributed by atoms with Gasteiger partial charge in [-0.15, -0.1) is 0 Å². The number of nitrogens with two attached hydrogens (primary N) is 1. The molecule has 94 valence electrons. The van der Waals surface area contributed by atoms with Gasteiger partial charge in [-0.25, -0.2) is 0 Å². The van der Waals surface area contributed by atoms with Crippen LogP contribution in [0.1, 0.15) is 23.5 Å². The predicted molar refractivity (Wildman–Crippen MR) is 78.0 cm³/mol. The van der Waals surface area contributed by atoms with E-state index in [4.69, 9.17) is 17.3 Å². The van der Waals surface area contributed by atoms with Gasteiger partial charge in [-0.1, -0.05) is 60.1 Å². The second-order valence-corrected chi connectivity index (χ2v) is 4.88. The number of hydrogen-bond acceptors (Lipinski definition) is 1. The summed E-state index contributed by atoms with van der Waals surface area (Å²) < 4.78 is 0. The van der Waals surface area contributed by atoms with Crippen LogP contribution in [0.3, 0.4) is 0 Å². The standard InChI is InChI=1S/C16H18ClN/c17-16-9-5-4-8-14(16)10-11-15(12-18)13-6-2-1-3-7-13/h1-9,15H,10-12,18H2. The van der Waals surface area contributed by atoms with Gasteiger partial charge in [-0.3, -0.25) is 0 Å². The number of aryl methyl sites for hydroxylation is 1. The van der Waals surface area contributed by atoms with Gasteiger partial charge >= 0.3 is 0 Å². The fourth-order valence-corrected chi connectivity index (χ4v) is 2.41. The van der Waals surface area contributed by atoms with E-state index in [0.29, 0.717) is 12.5 Å². The molecule has 0 aromatic heterocycles. The Hall–Kier alpha value is -1.31. The molecule has 0 aliphatic heterocycles. The SMILES string of the molecule is NCC(CCc1ccccc1Cl)c1ccccc1. The van der Waals surface area contributed by atoms with E-state index in [1.165, 1.54) is 11.1 Å². The lowest BCUT2D eigenvalue weighted by Crippen LogP contribution is -2.13. The van der Waals surface area contributed by atoms with Crippen LogP contribution < -0.4 is 5.73 Å². The summed E-state index contributed by atoms with van der Waals surface area (Å²) in [4.78, 5) is 0. The molecule has 2 aromatic carbocycles. The van der Waals surface area contributed by atoms with Crippen molar-refractivity contribution < 1.29 is 0 Å². The fraction of sp³-hybridized carbons (Fsp3) is 0.250. The molecule has 0 radical (unpaired) electrons. The molecule has 2 heteroatoms. The molecule has 2 N–H and O–H groups in total. The molecule has 0 amide bonds. The Morgan fingerprint density at radius 2 is 1.61 bits per heavy atom. The molecule has 0 saturated carbocycles. The summed E-state index contributed by atoms with van der Waals surface area (Å²) in [5, 5.41) is 0.848. The summed E-state index contributed by atoms with van der Waals surface area (Å²) in [5.41, 5.74) is 8.39. The van der Waals surface area contributed by atoms with Crippen LogP contribution in [0.2, 0.25) is 5.02 Å². The molecule has 1 unspecified atom stereocenters. The molecule has 0 heterocycles. The molecule has 0 saturated heterocycles.